The van der Waals surface area contributed by atoms with Crippen LogP contribution in [-0.4, -0.2) is 44.4 Å². The van der Waals surface area contributed by atoms with Gasteiger partial charge in [-0.25, -0.2) is 0 Å². The molecule has 2 aliphatic heterocycles. The Kier molecular flexibility index (Phi) is 6.31. The molecule has 9 heteroatoms. The number of carbonyl (C=O) groups excluding carboxylic acids is 2. The molecule has 7 nitrogen and oxygen atoms in total. The fourth-order valence-electron chi connectivity index (χ4n) is 3.74. The van der Waals surface area contributed by atoms with Crippen molar-refractivity contribution >= 4 is 39.1 Å². The van der Waals surface area contributed by atoms with Crippen LogP contribution in [0.5, 0.6) is 11.5 Å². The number of nitrogens with one attached hydrogen (secondary N) is 2. The Hall–Kier alpha value is -2.10. The number of ether oxygens (including phenoxy) is 3. The maximum absolute atomic E-state index is 12.7. The average molecular weight is 495 g/mol. The normalized spacial score (nSPS) is 17.9. The molecule has 0 spiro atoms. The summed E-state index contributed by atoms with van der Waals surface area (Å²) in [6.45, 7) is 3.63. The summed E-state index contributed by atoms with van der Waals surface area (Å²) in [5, 5.41) is 5.79. The van der Waals surface area contributed by atoms with Crippen LogP contribution in [0, 0.1) is 0 Å². The van der Waals surface area contributed by atoms with E-state index in [0.717, 1.165) is 33.7 Å². The first-order chi connectivity index (χ1) is 14.5. The first-order valence-electron chi connectivity index (χ1n) is 9.79. The van der Waals surface area contributed by atoms with E-state index in [0.29, 0.717) is 24.6 Å². The van der Waals surface area contributed by atoms with Crippen molar-refractivity contribution < 1.29 is 23.8 Å². The van der Waals surface area contributed by atoms with Gasteiger partial charge < -0.3 is 24.8 Å². The van der Waals surface area contributed by atoms with E-state index in [1.807, 2.05) is 24.3 Å². The SMILES string of the molecule is CC(NC(=O)c1ccc(Br)s1)C(=O)NCC1(c2ccc3c(c2)OCO3)CCOCC1. The van der Waals surface area contributed by atoms with Gasteiger partial charge in [0, 0.05) is 25.2 Å². The van der Waals surface area contributed by atoms with Crippen LogP contribution < -0.4 is 20.1 Å². The minimum absolute atomic E-state index is 0.217. The van der Waals surface area contributed by atoms with Gasteiger partial charge in [-0.05, 0) is 65.5 Å². The Balaban J connectivity index is 1.42. The smallest absolute Gasteiger partial charge is 0.262 e. The fraction of sp³-hybridized carbons (Fsp3) is 0.429. The number of amides is 2. The lowest BCUT2D eigenvalue weighted by Gasteiger charge is -2.38. The van der Waals surface area contributed by atoms with E-state index >= 15 is 0 Å². The second-order valence-corrected chi connectivity index (χ2v) is 9.94. The highest BCUT2D eigenvalue weighted by Crippen LogP contribution is 2.40. The lowest BCUT2D eigenvalue weighted by atomic mass is 9.74. The van der Waals surface area contributed by atoms with Crippen molar-refractivity contribution in [1.82, 2.24) is 10.6 Å². The van der Waals surface area contributed by atoms with E-state index < -0.39 is 6.04 Å². The van der Waals surface area contributed by atoms with Gasteiger partial charge in [-0.1, -0.05) is 6.07 Å². The van der Waals surface area contributed by atoms with Gasteiger partial charge in [-0.3, -0.25) is 9.59 Å². The van der Waals surface area contributed by atoms with E-state index in [2.05, 4.69) is 26.6 Å². The Labute approximate surface area is 187 Å². The lowest BCUT2D eigenvalue weighted by Crippen LogP contribution is -2.50. The molecule has 0 bridgehead atoms. The van der Waals surface area contributed by atoms with Gasteiger partial charge in [0.1, 0.15) is 6.04 Å². The number of hydrogen-bond donors (Lipinski definition) is 2. The summed E-state index contributed by atoms with van der Waals surface area (Å²) in [6.07, 6.45) is 1.58. The van der Waals surface area contributed by atoms with Gasteiger partial charge in [0.15, 0.2) is 11.5 Å². The molecule has 1 saturated heterocycles. The number of rotatable bonds is 6. The third-order valence-corrected chi connectivity index (χ3v) is 7.20. The monoisotopic (exact) mass is 494 g/mol. The zero-order chi connectivity index (χ0) is 21.1. The molecule has 3 heterocycles. The molecule has 4 rings (SSSR count). The number of fused-ring (bicyclic) bond motifs is 1. The molecule has 0 saturated carbocycles. The largest absolute Gasteiger partial charge is 0.454 e. The molecule has 1 aromatic carbocycles. The average Bonchev–Trinajstić information content (AvgIpc) is 3.40. The van der Waals surface area contributed by atoms with E-state index in [1.165, 1.54) is 11.3 Å². The van der Waals surface area contributed by atoms with Crippen molar-refractivity contribution in [3.05, 3.63) is 44.6 Å². The van der Waals surface area contributed by atoms with E-state index in [1.54, 1.807) is 13.0 Å². The summed E-state index contributed by atoms with van der Waals surface area (Å²) in [6, 6.07) is 8.84. The molecular formula is C21H23BrN2O5S. The highest BCUT2D eigenvalue weighted by molar-refractivity contribution is 9.11. The molecule has 0 aliphatic carbocycles. The van der Waals surface area contributed by atoms with Crippen molar-refractivity contribution in [3.63, 3.8) is 0 Å². The standard InChI is InChI=1S/C21H23BrN2O5S/c1-13(24-20(26)17-4-5-18(22)30-17)19(25)23-11-21(6-8-27-9-7-21)14-2-3-15-16(10-14)29-12-28-15/h2-5,10,13H,6-9,11-12H2,1H3,(H,23,25)(H,24,26). The topological polar surface area (TPSA) is 85.9 Å². The molecule has 0 radical (unpaired) electrons. The molecule has 1 unspecified atom stereocenters. The molecule has 30 heavy (non-hydrogen) atoms. The zero-order valence-corrected chi connectivity index (χ0v) is 18.9. The Morgan fingerprint density at radius 1 is 1.17 bits per heavy atom. The zero-order valence-electron chi connectivity index (χ0n) is 16.5. The van der Waals surface area contributed by atoms with Crippen molar-refractivity contribution in [1.29, 1.82) is 0 Å². The summed E-state index contributed by atoms with van der Waals surface area (Å²) in [5.41, 5.74) is 0.840. The molecule has 160 valence electrons. The third-order valence-electron chi connectivity index (χ3n) is 5.57. The van der Waals surface area contributed by atoms with Crippen LogP contribution in [0.3, 0.4) is 0 Å². The van der Waals surface area contributed by atoms with Crippen LogP contribution in [-0.2, 0) is 14.9 Å². The van der Waals surface area contributed by atoms with Gasteiger partial charge in [-0.2, -0.15) is 0 Å². The summed E-state index contributed by atoms with van der Waals surface area (Å²) < 4.78 is 17.4. The Morgan fingerprint density at radius 2 is 1.93 bits per heavy atom. The molecule has 2 amide bonds. The van der Waals surface area contributed by atoms with Crippen molar-refractivity contribution in [2.45, 2.75) is 31.2 Å². The van der Waals surface area contributed by atoms with Gasteiger partial charge in [0.25, 0.3) is 5.91 Å². The predicted octanol–water partition coefficient (Wildman–Crippen LogP) is 3.22. The second kappa shape index (κ2) is 8.95. The molecule has 2 N–H and O–H groups in total. The summed E-state index contributed by atoms with van der Waals surface area (Å²) in [5.74, 6) is 0.990. The fourth-order valence-corrected chi connectivity index (χ4v) is 5.02. The molecule has 2 aromatic rings. The van der Waals surface area contributed by atoms with E-state index in [9.17, 15) is 9.59 Å². The van der Waals surface area contributed by atoms with Gasteiger partial charge in [0.2, 0.25) is 12.7 Å². The first-order valence-corrected chi connectivity index (χ1v) is 11.4. The van der Waals surface area contributed by atoms with Gasteiger partial charge in [-0.15, -0.1) is 11.3 Å². The first kappa shape index (κ1) is 21.1. The predicted molar refractivity (Wildman–Crippen MR) is 116 cm³/mol. The van der Waals surface area contributed by atoms with E-state index in [-0.39, 0.29) is 24.0 Å². The molecule has 1 aromatic heterocycles. The van der Waals surface area contributed by atoms with Crippen molar-refractivity contribution in [2.75, 3.05) is 26.6 Å². The van der Waals surface area contributed by atoms with Crippen LogP contribution in [0.4, 0.5) is 0 Å². The summed E-state index contributed by atoms with van der Waals surface area (Å²) in [7, 11) is 0. The second-order valence-electron chi connectivity index (χ2n) is 7.48. The Morgan fingerprint density at radius 3 is 2.67 bits per heavy atom. The third kappa shape index (κ3) is 4.48. The van der Waals surface area contributed by atoms with Crippen LogP contribution in [0.15, 0.2) is 34.1 Å². The van der Waals surface area contributed by atoms with Crippen LogP contribution in [0.2, 0.25) is 0 Å². The van der Waals surface area contributed by atoms with Crippen molar-refractivity contribution in [2.24, 2.45) is 0 Å². The number of hydrogen-bond acceptors (Lipinski definition) is 6. The van der Waals surface area contributed by atoms with Crippen molar-refractivity contribution in [3.8, 4) is 11.5 Å². The number of benzene rings is 1. The lowest BCUT2D eigenvalue weighted by molar-refractivity contribution is -0.123. The van der Waals surface area contributed by atoms with E-state index in [4.69, 9.17) is 14.2 Å². The quantitative estimate of drug-likeness (QED) is 0.643. The number of carbonyl (C=O) groups is 2. The molecule has 2 aliphatic rings. The Bertz CT molecular complexity index is 941. The highest BCUT2D eigenvalue weighted by Gasteiger charge is 2.36. The highest BCUT2D eigenvalue weighted by atomic mass is 79.9. The molecule has 1 atom stereocenters. The van der Waals surface area contributed by atoms with Crippen LogP contribution in [0.1, 0.15) is 35.0 Å². The van der Waals surface area contributed by atoms with Gasteiger partial charge >= 0.3 is 0 Å². The molecule has 1 fully saturated rings. The van der Waals surface area contributed by atoms with Gasteiger partial charge in [0.05, 0.1) is 8.66 Å². The number of thiophene rings is 1. The minimum atomic E-state index is -0.646. The molecular weight excluding hydrogens is 472 g/mol. The number of halogens is 1. The maximum Gasteiger partial charge on any atom is 0.262 e. The van der Waals surface area contributed by atoms with Crippen LogP contribution >= 0.6 is 27.3 Å². The maximum atomic E-state index is 12.7. The summed E-state index contributed by atoms with van der Waals surface area (Å²) in [4.78, 5) is 25.6. The van der Waals surface area contributed by atoms with Crippen LogP contribution in [0.25, 0.3) is 0 Å². The summed E-state index contributed by atoms with van der Waals surface area (Å²) >= 11 is 4.67. The minimum Gasteiger partial charge on any atom is -0.454 e.